The summed E-state index contributed by atoms with van der Waals surface area (Å²) in [7, 11) is 0. The first-order chi connectivity index (χ1) is 5.61. The lowest BCUT2D eigenvalue weighted by molar-refractivity contribution is -0.118. The zero-order valence-electron chi connectivity index (χ0n) is 7.17. The second-order valence-corrected chi connectivity index (χ2v) is 3.32. The van der Waals surface area contributed by atoms with Gasteiger partial charge >= 0.3 is 0 Å². The number of rotatable bonds is 2. The highest BCUT2D eigenvalue weighted by Crippen LogP contribution is 2.18. The maximum atomic E-state index is 11.0. The molecule has 2 heteroatoms. The van der Waals surface area contributed by atoms with Crippen LogP contribution in [-0.4, -0.2) is 5.78 Å². The smallest absolute Gasteiger partial charge is 0.136 e. The highest BCUT2D eigenvalue weighted by atomic mass is 35.5. The fourth-order valence-corrected chi connectivity index (χ4v) is 1.11. The number of Topliss-reactive ketones (excluding diaryl/α,β-unsaturated/α-hetero) is 1. The highest BCUT2D eigenvalue weighted by molar-refractivity contribution is 6.30. The summed E-state index contributed by atoms with van der Waals surface area (Å²) in [5, 5.41) is 0.703. The Hall–Kier alpha value is -0.820. The summed E-state index contributed by atoms with van der Waals surface area (Å²) < 4.78 is 0. The van der Waals surface area contributed by atoms with Crippen molar-refractivity contribution in [2.45, 2.75) is 19.8 Å². The molecular weight excluding hydrogens is 172 g/mol. The van der Waals surface area contributed by atoms with Crippen LogP contribution in [0.1, 0.15) is 25.3 Å². The third-order valence-electron chi connectivity index (χ3n) is 1.98. The molecule has 1 aromatic rings. The lowest BCUT2D eigenvalue weighted by Crippen LogP contribution is -2.03. The molecule has 12 heavy (non-hydrogen) atoms. The predicted octanol–water partition coefficient (Wildman–Crippen LogP) is 3.03. The van der Waals surface area contributed by atoms with Crippen molar-refractivity contribution < 1.29 is 4.79 Å². The van der Waals surface area contributed by atoms with Gasteiger partial charge in [-0.3, -0.25) is 4.79 Å². The first-order valence-corrected chi connectivity index (χ1v) is 4.25. The highest BCUT2D eigenvalue weighted by Gasteiger charge is 2.09. The number of hydrogen-bond donors (Lipinski definition) is 0. The van der Waals surface area contributed by atoms with Gasteiger partial charge in [-0.25, -0.2) is 0 Å². The van der Waals surface area contributed by atoms with Crippen LogP contribution in [0.4, 0.5) is 0 Å². The van der Waals surface area contributed by atoms with Gasteiger partial charge in [0.15, 0.2) is 0 Å². The molecular formula is C10H11ClO. The van der Waals surface area contributed by atoms with Crippen LogP contribution in [0.15, 0.2) is 24.3 Å². The van der Waals surface area contributed by atoms with Crippen molar-refractivity contribution >= 4 is 17.4 Å². The molecule has 0 aliphatic heterocycles. The van der Waals surface area contributed by atoms with Crippen LogP contribution in [0.25, 0.3) is 0 Å². The number of halogens is 1. The van der Waals surface area contributed by atoms with Crippen molar-refractivity contribution in [3.63, 3.8) is 0 Å². The minimum absolute atomic E-state index is 0.0257. The Bertz CT molecular complexity index is 276. The maximum Gasteiger partial charge on any atom is 0.136 e. The molecule has 0 radical (unpaired) electrons. The summed E-state index contributed by atoms with van der Waals surface area (Å²) in [5.74, 6) is 0.152. The van der Waals surface area contributed by atoms with E-state index in [0.29, 0.717) is 5.02 Å². The SMILES string of the molecule is CC(=O)[C@@H](C)c1ccc(Cl)cc1. The molecule has 1 aromatic carbocycles. The summed E-state index contributed by atoms with van der Waals surface area (Å²) >= 11 is 5.71. The van der Waals surface area contributed by atoms with Gasteiger partial charge in [0.25, 0.3) is 0 Å². The minimum atomic E-state index is -0.0257. The van der Waals surface area contributed by atoms with Crippen molar-refractivity contribution in [2.24, 2.45) is 0 Å². The van der Waals surface area contributed by atoms with Crippen LogP contribution in [0.2, 0.25) is 5.02 Å². The normalized spacial score (nSPS) is 12.6. The van der Waals surface area contributed by atoms with Crippen LogP contribution in [0.5, 0.6) is 0 Å². The minimum Gasteiger partial charge on any atom is -0.299 e. The van der Waals surface area contributed by atoms with Gasteiger partial charge < -0.3 is 0 Å². The quantitative estimate of drug-likeness (QED) is 0.687. The Morgan fingerprint density at radius 2 is 1.83 bits per heavy atom. The Kier molecular flexibility index (Phi) is 2.88. The van der Waals surface area contributed by atoms with E-state index in [2.05, 4.69) is 0 Å². The van der Waals surface area contributed by atoms with E-state index in [4.69, 9.17) is 11.6 Å². The Labute approximate surface area is 77.4 Å². The van der Waals surface area contributed by atoms with Crippen molar-refractivity contribution in [3.8, 4) is 0 Å². The average Bonchev–Trinajstić information content (AvgIpc) is 2.04. The van der Waals surface area contributed by atoms with Crippen molar-refractivity contribution in [1.82, 2.24) is 0 Å². The van der Waals surface area contributed by atoms with Crippen LogP contribution >= 0.6 is 11.6 Å². The van der Waals surface area contributed by atoms with Gasteiger partial charge in [0, 0.05) is 10.9 Å². The van der Waals surface area contributed by atoms with Crippen molar-refractivity contribution in [1.29, 1.82) is 0 Å². The van der Waals surface area contributed by atoms with E-state index in [1.54, 1.807) is 19.1 Å². The fraction of sp³-hybridized carbons (Fsp3) is 0.300. The van der Waals surface area contributed by atoms with Crippen LogP contribution in [-0.2, 0) is 4.79 Å². The second-order valence-electron chi connectivity index (χ2n) is 2.88. The number of carbonyl (C=O) groups excluding carboxylic acids is 1. The summed E-state index contributed by atoms with van der Waals surface area (Å²) in [5.41, 5.74) is 1.02. The average molecular weight is 183 g/mol. The lowest BCUT2D eigenvalue weighted by atomic mass is 9.98. The lowest BCUT2D eigenvalue weighted by Gasteiger charge is -2.06. The Morgan fingerprint density at radius 3 is 2.25 bits per heavy atom. The third-order valence-corrected chi connectivity index (χ3v) is 2.23. The van der Waals surface area contributed by atoms with E-state index >= 15 is 0 Å². The summed E-state index contributed by atoms with van der Waals surface area (Å²) in [6.07, 6.45) is 0. The first-order valence-electron chi connectivity index (χ1n) is 3.87. The standard InChI is InChI=1S/C10H11ClO/c1-7(8(2)12)9-3-5-10(11)6-4-9/h3-7H,1-2H3/t7-/m1/s1. The van der Waals surface area contributed by atoms with E-state index in [1.807, 2.05) is 19.1 Å². The van der Waals surface area contributed by atoms with E-state index in [0.717, 1.165) is 5.56 Å². The van der Waals surface area contributed by atoms with E-state index in [1.165, 1.54) is 0 Å². The molecule has 0 aromatic heterocycles. The third kappa shape index (κ3) is 2.08. The van der Waals surface area contributed by atoms with Crippen molar-refractivity contribution in [3.05, 3.63) is 34.9 Å². The maximum absolute atomic E-state index is 11.0. The molecule has 0 spiro atoms. The largest absolute Gasteiger partial charge is 0.299 e. The molecule has 0 saturated heterocycles. The molecule has 0 amide bonds. The van der Waals surface area contributed by atoms with Gasteiger partial charge in [-0.15, -0.1) is 0 Å². The van der Waals surface area contributed by atoms with Gasteiger partial charge in [-0.05, 0) is 24.6 Å². The van der Waals surface area contributed by atoms with Gasteiger partial charge in [0.1, 0.15) is 5.78 Å². The van der Waals surface area contributed by atoms with Crippen LogP contribution in [0.3, 0.4) is 0 Å². The number of carbonyl (C=O) groups is 1. The van der Waals surface area contributed by atoms with Gasteiger partial charge in [0.2, 0.25) is 0 Å². The number of ketones is 1. The number of hydrogen-bond acceptors (Lipinski definition) is 1. The Balaban J connectivity index is 2.89. The summed E-state index contributed by atoms with van der Waals surface area (Å²) in [6.45, 7) is 3.49. The molecule has 1 atom stereocenters. The van der Waals surface area contributed by atoms with E-state index in [-0.39, 0.29) is 11.7 Å². The first kappa shape index (κ1) is 9.27. The molecule has 0 bridgehead atoms. The molecule has 1 rings (SSSR count). The molecule has 0 saturated carbocycles. The van der Waals surface area contributed by atoms with Gasteiger partial charge in [-0.2, -0.15) is 0 Å². The molecule has 0 fully saturated rings. The van der Waals surface area contributed by atoms with E-state index in [9.17, 15) is 4.79 Å². The van der Waals surface area contributed by atoms with Crippen LogP contribution < -0.4 is 0 Å². The zero-order chi connectivity index (χ0) is 9.14. The fourth-order valence-electron chi connectivity index (χ4n) is 0.986. The Morgan fingerprint density at radius 1 is 1.33 bits per heavy atom. The van der Waals surface area contributed by atoms with Crippen LogP contribution in [0, 0.1) is 0 Å². The molecule has 0 N–H and O–H groups in total. The van der Waals surface area contributed by atoms with Gasteiger partial charge in [-0.1, -0.05) is 30.7 Å². The predicted molar refractivity (Wildman–Crippen MR) is 50.5 cm³/mol. The molecule has 1 nitrogen and oxygen atoms in total. The van der Waals surface area contributed by atoms with Crippen molar-refractivity contribution in [2.75, 3.05) is 0 Å². The second kappa shape index (κ2) is 3.72. The summed E-state index contributed by atoms with van der Waals surface area (Å²) in [6, 6.07) is 7.37. The zero-order valence-corrected chi connectivity index (χ0v) is 7.93. The molecule has 0 aliphatic rings. The molecule has 64 valence electrons. The monoisotopic (exact) mass is 182 g/mol. The topological polar surface area (TPSA) is 17.1 Å². The molecule has 0 unspecified atom stereocenters. The molecule has 0 aliphatic carbocycles. The number of benzene rings is 1. The summed E-state index contributed by atoms with van der Waals surface area (Å²) in [4.78, 5) is 11.0. The van der Waals surface area contributed by atoms with E-state index < -0.39 is 0 Å². The molecule has 0 heterocycles. The van der Waals surface area contributed by atoms with Gasteiger partial charge in [0.05, 0.1) is 0 Å².